The van der Waals surface area contributed by atoms with Gasteiger partial charge >= 0.3 is 0 Å². The maximum atomic E-state index is 13.2. The van der Waals surface area contributed by atoms with Crippen molar-refractivity contribution in [3.05, 3.63) is 53.7 Å². The first kappa shape index (κ1) is 15.8. The van der Waals surface area contributed by atoms with Crippen molar-refractivity contribution in [2.75, 3.05) is 13.1 Å². The van der Waals surface area contributed by atoms with Crippen molar-refractivity contribution in [3.63, 3.8) is 0 Å². The van der Waals surface area contributed by atoms with Crippen molar-refractivity contribution in [3.8, 4) is 11.3 Å². The van der Waals surface area contributed by atoms with Crippen molar-refractivity contribution >= 4 is 11.8 Å². The number of rotatable bonds is 2. The van der Waals surface area contributed by atoms with Crippen LogP contribution >= 0.6 is 0 Å². The Kier molecular flexibility index (Phi) is 3.99. The Bertz CT molecular complexity index is 819. The average Bonchev–Trinajstić information content (AvgIpc) is 3.03. The lowest BCUT2D eigenvalue weighted by atomic mass is 9.90. The van der Waals surface area contributed by atoms with Gasteiger partial charge in [0.25, 0.3) is 5.91 Å². The Morgan fingerprint density at radius 2 is 2.12 bits per heavy atom. The highest BCUT2D eigenvalue weighted by Gasteiger charge is 2.42. The van der Waals surface area contributed by atoms with Crippen LogP contribution in [0.4, 0.5) is 0 Å². The van der Waals surface area contributed by atoms with Crippen LogP contribution in [0.1, 0.15) is 28.8 Å². The summed E-state index contributed by atoms with van der Waals surface area (Å²) in [5, 5.41) is 2.91. The van der Waals surface area contributed by atoms with E-state index in [1.807, 2.05) is 48.2 Å². The number of benzene rings is 1. The van der Waals surface area contributed by atoms with E-state index in [4.69, 9.17) is 0 Å². The van der Waals surface area contributed by atoms with Gasteiger partial charge in [0.05, 0.1) is 17.7 Å². The van der Waals surface area contributed by atoms with E-state index < -0.39 is 0 Å². The maximum absolute atomic E-state index is 13.2. The van der Waals surface area contributed by atoms with Crippen LogP contribution in [0.5, 0.6) is 0 Å². The molecular weight excluding hydrogens is 314 g/mol. The van der Waals surface area contributed by atoms with Gasteiger partial charge in [0, 0.05) is 30.4 Å². The molecule has 2 saturated heterocycles. The third kappa shape index (κ3) is 2.69. The second kappa shape index (κ2) is 6.31. The lowest BCUT2D eigenvalue weighted by Gasteiger charge is -2.36. The molecule has 0 aliphatic carbocycles. The number of nitrogens with one attached hydrogen (secondary N) is 1. The predicted molar refractivity (Wildman–Crippen MR) is 95.0 cm³/mol. The van der Waals surface area contributed by atoms with Crippen LogP contribution in [0.2, 0.25) is 0 Å². The van der Waals surface area contributed by atoms with Crippen molar-refractivity contribution in [1.29, 1.82) is 0 Å². The molecule has 0 saturated carbocycles. The molecule has 2 aliphatic rings. The van der Waals surface area contributed by atoms with Gasteiger partial charge in [-0.25, -0.2) is 0 Å². The van der Waals surface area contributed by atoms with Crippen molar-refractivity contribution in [2.45, 2.75) is 25.8 Å². The van der Waals surface area contributed by atoms with Crippen LogP contribution in [-0.4, -0.2) is 40.8 Å². The van der Waals surface area contributed by atoms with Gasteiger partial charge in [-0.05, 0) is 43.5 Å². The number of amides is 2. The summed E-state index contributed by atoms with van der Waals surface area (Å²) in [5.74, 6) is 0.0416. The second-order valence-electron chi connectivity index (χ2n) is 6.75. The molecule has 4 rings (SSSR count). The van der Waals surface area contributed by atoms with E-state index in [2.05, 4.69) is 10.3 Å². The Morgan fingerprint density at radius 3 is 2.92 bits per heavy atom. The summed E-state index contributed by atoms with van der Waals surface area (Å²) in [7, 11) is 0. The minimum atomic E-state index is -0.0584. The fraction of sp³-hybridized carbons (Fsp3) is 0.350. The van der Waals surface area contributed by atoms with Gasteiger partial charge in [0.15, 0.2) is 0 Å². The number of piperidine rings is 1. The predicted octanol–water partition coefficient (Wildman–Crippen LogP) is 2.41. The number of aromatic nitrogens is 1. The fourth-order valence-electron chi connectivity index (χ4n) is 4.03. The summed E-state index contributed by atoms with van der Waals surface area (Å²) in [6.45, 7) is 3.24. The molecule has 2 amide bonds. The Hall–Kier alpha value is -2.69. The molecule has 2 aliphatic heterocycles. The maximum Gasteiger partial charge on any atom is 0.254 e. The van der Waals surface area contributed by atoms with E-state index in [9.17, 15) is 9.59 Å². The second-order valence-corrected chi connectivity index (χ2v) is 6.75. The highest BCUT2D eigenvalue weighted by atomic mass is 16.2. The molecule has 1 aromatic carbocycles. The standard InChI is InChI=1S/C20H21N3O2/c1-13-14(17-9-2-3-10-21-17)6-4-7-15(13)20(25)23-11-5-8-16-18(23)12-22-19(16)24/h2-4,6-7,9-10,16,18H,5,8,11-12H2,1H3,(H,22,24)/t16-,18-/m1/s1. The van der Waals surface area contributed by atoms with E-state index in [1.165, 1.54) is 0 Å². The van der Waals surface area contributed by atoms with E-state index in [1.54, 1.807) is 6.20 Å². The van der Waals surface area contributed by atoms with Crippen LogP contribution < -0.4 is 5.32 Å². The van der Waals surface area contributed by atoms with Crippen molar-refractivity contribution in [2.24, 2.45) is 5.92 Å². The van der Waals surface area contributed by atoms with Crippen LogP contribution in [0.3, 0.4) is 0 Å². The number of hydrogen-bond acceptors (Lipinski definition) is 3. The topological polar surface area (TPSA) is 62.3 Å². The van der Waals surface area contributed by atoms with E-state index >= 15 is 0 Å². The lowest BCUT2D eigenvalue weighted by molar-refractivity contribution is -0.123. The Labute approximate surface area is 147 Å². The molecule has 2 aromatic rings. The summed E-state index contributed by atoms with van der Waals surface area (Å²) in [6, 6.07) is 11.5. The van der Waals surface area contributed by atoms with Gasteiger partial charge in [0.1, 0.15) is 0 Å². The van der Waals surface area contributed by atoms with E-state index in [0.717, 1.165) is 29.7 Å². The number of likely N-dealkylation sites (tertiary alicyclic amines) is 1. The molecule has 1 N–H and O–H groups in total. The van der Waals surface area contributed by atoms with Crippen molar-refractivity contribution in [1.82, 2.24) is 15.2 Å². The number of pyridine rings is 1. The van der Waals surface area contributed by atoms with Gasteiger partial charge in [-0.1, -0.05) is 18.2 Å². The molecule has 5 heteroatoms. The highest BCUT2D eigenvalue weighted by molar-refractivity contribution is 5.98. The van der Waals surface area contributed by atoms with Crippen molar-refractivity contribution < 1.29 is 9.59 Å². The quantitative estimate of drug-likeness (QED) is 0.917. The summed E-state index contributed by atoms with van der Waals surface area (Å²) in [6.07, 6.45) is 3.50. The largest absolute Gasteiger partial charge is 0.354 e. The van der Waals surface area contributed by atoms with Gasteiger partial charge in [-0.15, -0.1) is 0 Å². The highest BCUT2D eigenvalue weighted by Crippen LogP contribution is 2.30. The molecule has 2 atom stereocenters. The first-order chi connectivity index (χ1) is 12.2. The zero-order valence-electron chi connectivity index (χ0n) is 14.2. The number of hydrogen-bond donors (Lipinski definition) is 1. The monoisotopic (exact) mass is 335 g/mol. The Balaban J connectivity index is 1.68. The van der Waals surface area contributed by atoms with Crippen LogP contribution in [0.15, 0.2) is 42.6 Å². The molecule has 1 aromatic heterocycles. The molecule has 0 bridgehead atoms. The molecule has 5 nitrogen and oxygen atoms in total. The zero-order chi connectivity index (χ0) is 17.4. The molecule has 25 heavy (non-hydrogen) atoms. The number of nitrogens with zero attached hydrogens (tertiary/aromatic N) is 2. The summed E-state index contributed by atoms with van der Waals surface area (Å²) < 4.78 is 0. The smallest absolute Gasteiger partial charge is 0.254 e. The van der Waals surface area contributed by atoms with Gasteiger partial charge in [-0.2, -0.15) is 0 Å². The average molecular weight is 335 g/mol. The molecular formula is C20H21N3O2. The third-order valence-corrected chi connectivity index (χ3v) is 5.37. The molecule has 0 spiro atoms. The van der Waals surface area contributed by atoms with Crippen LogP contribution in [0, 0.1) is 12.8 Å². The molecule has 3 heterocycles. The Morgan fingerprint density at radius 1 is 1.24 bits per heavy atom. The van der Waals surface area contributed by atoms with E-state index in [0.29, 0.717) is 18.7 Å². The first-order valence-corrected chi connectivity index (χ1v) is 8.76. The van der Waals surface area contributed by atoms with Crippen LogP contribution in [0.25, 0.3) is 11.3 Å². The van der Waals surface area contributed by atoms with E-state index in [-0.39, 0.29) is 23.8 Å². The summed E-state index contributed by atoms with van der Waals surface area (Å²) >= 11 is 0. The lowest BCUT2D eigenvalue weighted by Crippen LogP contribution is -2.48. The molecule has 128 valence electrons. The normalized spacial score (nSPS) is 22.4. The summed E-state index contributed by atoms with van der Waals surface area (Å²) in [5.41, 5.74) is 3.47. The minimum Gasteiger partial charge on any atom is -0.354 e. The van der Waals surface area contributed by atoms with Gasteiger partial charge in [-0.3, -0.25) is 14.6 Å². The zero-order valence-corrected chi connectivity index (χ0v) is 14.2. The molecule has 2 fully saturated rings. The summed E-state index contributed by atoms with van der Waals surface area (Å²) in [4.78, 5) is 31.5. The minimum absolute atomic E-state index is 0.0153. The van der Waals surface area contributed by atoms with Crippen LogP contribution in [-0.2, 0) is 4.79 Å². The molecule has 0 unspecified atom stereocenters. The number of carbonyl (C=O) groups excluding carboxylic acids is 2. The fourth-order valence-corrected chi connectivity index (χ4v) is 4.03. The number of fused-ring (bicyclic) bond motifs is 1. The number of carbonyl (C=O) groups is 2. The SMILES string of the molecule is Cc1c(C(=O)N2CCC[C@H]3C(=O)NC[C@H]32)cccc1-c1ccccn1. The molecule has 0 radical (unpaired) electrons. The van der Waals surface area contributed by atoms with Gasteiger partial charge < -0.3 is 10.2 Å². The first-order valence-electron chi connectivity index (χ1n) is 8.76. The third-order valence-electron chi connectivity index (χ3n) is 5.37. The van der Waals surface area contributed by atoms with Gasteiger partial charge in [0.2, 0.25) is 5.91 Å².